The van der Waals surface area contributed by atoms with Gasteiger partial charge < -0.3 is 37.9 Å². The molecule has 2 radical (unpaired) electrons. The summed E-state index contributed by atoms with van der Waals surface area (Å²) in [6.45, 7) is -6.30. The van der Waals surface area contributed by atoms with Crippen LogP contribution in [0.2, 0.25) is 0 Å². The average Bonchev–Trinajstić information content (AvgIpc) is 2.81. The first-order chi connectivity index (χ1) is 12.6. The molecular formula is C8H14BFO13P4S-4. The number of hydrogen-bond acceptors (Lipinski definition) is 14. The summed E-state index contributed by atoms with van der Waals surface area (Å²) in [6, 6.07) is -1.06. The van der Waals surface area contributed by atoms with Crippen LogP contribution in [0.15, 0.2) is 0 Å². The van der Waals surface area contributed by atoms with Crippen LogP contribution in [0.4, 0.5) is 4.39 Å². The number of hydrogen-bond donors (Lipinski definition) is 0. The van der Waals surface area contributed by atoms with Gasteiger partial charge in [-0.25, -0.2) is 4.39 Å². The average molecular weight is 504 g/mol. The maximum atomic E-state index is 12.0. The van der Waals surface area contributed by atoms with Gasteiger partial charge in [-0.1, -0.05) is 18.7 Å². The fourth-order valence-electron chi connectivity index (χ4n) is 1.80. The van der Waals surface area contributed by atoms with Crippen molar-refractivity contribution >= 4 is 49.6 Å². The lowest BCUT2D eigenvalue weighted by Gasteiger charge is -2.37. The molecule has 0 spiro atoms. The van der Waals surface area contributed by atoms with Gasteiger partial charge in [0.2, 0.25) is 0 Å². The predicted octanol–water partition coefficient (Wildman–Crippen LogP) is -1.26. The summed E-state index contributed by atoms with van der Waals surface area (Å²) in [4.78, 5) is 45.9. The van der Waals surface area contributed by atoms with Crippen LogP contribution in [0.3, 0.4) is 0 Å². The highest BCUT2D eigenvalue weighted by Gasteiger charge is 2.37. The Hall–Kier alpha value is 0.935. The fourth-order valence-corrected chi connectivity index (χ4v) is 7.02. The molecule has 0 aromatic carbocycles. The molecule has 1 saturated heterocycles. The second-order valence-electron chi connectivity index (χ2n) is 5.06. The van der Waals surface area contributed by atoms with Crippen molar-refractivity contribution in [3.63, 3.8) is 0 Å². The topological polar surface area (TPSA) is 199 Å². The molecule has 164 valence electrons. The van der Waals surface area contributed by atoms with E-state index in [1.54, 1.807) is 0 Å². The fraction of sp³-hybridized carbons (Fsp3) is 1.00. The highest BCUT2D eigenvalue weighted by atomic mass is 32.5. The van der Waals surface area contributed by atoms with Gasteiger partial charge in [0, 0.05) is 12.2 Å². The molecule has 1 aliphatic rings. The van der Waals surface area contributed by atoms with E-state index in [2.05, 4.69) is 34.0 Å². The molecule has 0 aromatic heterocycles. The molecule has 7 atom stereocenters. The molecule has 1 aliphatic heterocycles. The first-order valence-electron chi connectivity index (χ1n) is 7.21. The molecule has 4 unspecified atom stereocenters. The first kappa shape index (κ1) is 27.0. The van der Waals surface area contributed by atoms with Crippen molar-refractivity contribution in [2.24, 2.45) is 0 Å². The third kappa shape index (κ3) is 9.83. The monoisotopic (exact) mass is 504 g/mol. The van der Waals surface area contributed by atoms with E-state index in [-0.39, 0.29) is 6.42 Å². The smallest absolute Gasteiger partial charge is 0.277 e. The van der Waals surface area contributed by atoms with Gasteiger partial charge in [-0.15, -0.1) is 0 Å². The van der Waals surface area contributed by atoms with Gasteiger partial charge in [0.05, 0.1) is 12.7 Å². The summed E-state index contributed by atoms with van der Waals surface area (Å²) in [5.41, 5.74) is 0. The number of phosphoric ester groups is 1. The lowest BCUT2D eigenvalue weighted by atomic mass is 9.96. The lowest BCUT2D eigenvalue weighted by molar-refractivity contribution is -0.238. The Kier molecular flexibility index (Phi) is 10.1. The number of rotatable bonds is 12. The van der Waals surface area contributed by atoms with Gasteiger partial charge in [0.1, 0.15) is 28.3 Å². The third-order valence-corrected chi connectivity index (χ3v) is 9.40. The van der Waals surface area contributed by atoms with E-state index in [1.807, 2.05) is 0 Å². The highest BCUT2D eigenvalue weighted by Crippen LogP contribution is 2.62. The van der Waals surface area contributed by atoms with Gasteiger partial charge >= 0.3 is 0 Å². The Morgan fingerprint density at radius 2 is 1.75 bits per heavy atom. The number of ether oxygens (including phenoxy) is 1. The van der Waals surface area contributed by atoms with Crippen LogP contribution >= 0.6 is 30.0 Å². The Bertz CT molecular complexity index is 725. The van der Waals surface area contributed by atoms with Crippen LogP contribution in [0.25, 0.3) is 0 Å². The van der Waals surface area contributed by atoms with Crippen molar-refractivity contribution in [2.45, 2.75) is 31.6 Å². The van der Waals surface area contributed by atoms with E-state index in [0.29, 0.717) is 0 Å². The number of alkyl halides is 1. The minimum atomic E-state index is -5.65. The van der Waals surface area contributed by atoms with E-state index in [1.165, 1.54) is 0 Å². The zero-order valence-corrected chi connectivity index (χ0v) is 18.4. The standard InChI is InChI=1S/C8H18BFO13P4S/c1-2-24(11,12)22-26(15,16)23-27(17,28)18-4-7-6(3-8(9)20-7)21-25(13,14)19-5-10/h6-8H,2-5H2,1H3,(H,11,12)(H,13,14)(H,15,16)(H,17,28)/p-4/t6-,7+,8+,27?/m0/s1. The van der Waals surface area contributed by atoms with E-state index in [0.717, 1.165) is 6.92 Å². The van der Waals surface area contributed by atoms with Crippen molar-refractivity contribution in [3.8, 4) is 0 Å². The van der Waals surface area contributed by atoms with E-state index >= 15 is 0 Å². The van der Waals surface area contributed by atoms with Crippen molar-refractivity contribution in [1.29, 1.82) is 0 Å². The molecule has 28 heavy (non-hydrogen) atoms. The number of phosphoric acid groups is 2. The molecule has 1 rings (SSSR count). The molecule has 1 heterocycles. The van der Waals surface area contributed by atoms with Crippen molar-refractivity contribution in [2.75, 3.05) is 19.6 Å². The Morgan fingerprint density at radius 1 is 1.14 bits per heavy atom. The summed E-state index contributed by atoms with van der Waals surface area (Å²) in [5, 5.41) is 0. The van der Waals surface area contributed by atoms with Crippen molar-refractivity contribution in [3.05, 3.63) is 0 Å². The van der Waals surface area contributed by atoms with Crippen molar-refractivity contribution in [1.82, 2.24) is 0 Å². The van der Waals surface area contributed by atoms with Crippen LogP contribution < -0.4 is 19.6 Å². The Morgan fingerprint density at radius 3 is 2.29 bits per heavy atom. The van der Waals surface area contributed by atoms with Crippen LogP contribution in [0.5, 0.6) is 0 Å². The van der Waals surface area contributed by atoms with Gasteiger partial charge in [0.25, 0.3) is 15.6 Å². The second kappa shape index (κ2) is 10.5. The molecule has 0 aromatic rings. The first-order valence-corrected chi connectivity index (χ1v) is 14.4. The molecule has 20 heteroatoms. The van der Waals surface area contributed by atoms with Crippen molar-refractivity contribution < 1.29 is 64.6 Å². The van der Waals surface area contributed by atoms with E-state index in [4.69, 9.17) is 12.6 Å². The maximum absolute atomic E-state index is 12.0. The minimum Gasteiger partial charge on any atom is -0.779 e. The van der Waals surface area contributed by atoms with E-state index < -0.39 is 67.8 Å². The van der Waals surface area contributed by atoms with Gasteiger partial charge in [-0.3, -0.25) is 22.3 Å². The summed E-state index contributed by atoms with van der Waals surface area (Å²) in [7, 11) is -10.1. The quantitative estimate of drug-likeness (QED) is 0.225. The SMILES string of the molecule is [B][C@H]1C[C@H](OP(=O)([O-])OCF)[C@@H](COP([O-])(=S)OP(=O)([O-])OP(=O)([O-])CC)O1. The van der Waals surface area contributed by atoms with E-state index in [9.17, 15) is 37.7 Å². The molecule has 13 nitrogen and oxygen atoms in total. The third-order valence-electron chi connectivity index (χ3n) is 2.91. The summed E-state index contributed by atoms with van der Waals surface area (Å²) in [5.74, 6) is 0. The molecular weight excluding hydrogens is 490 g/mol. The lowest BCUT2D eigenvalue weighted by Crippen LogP contribution is -2.30. The summed E-state index contributed by atoms with van der Waals surface area (Å²) in [6.07, 6.45) is -3.63. The zero-order valence-electron chi connectivity index (χ0n) is 14.0. The Balaban J connectivity index is 2.71. The van der Waals surface area contributed by atoms with Gasteiger partial charge in [-0.2, -0.15) is 0 Å². The molecule has 1 fully saturated rings. The molecule has 0 aliphatic carbocycles. The highest BCUT2D eigenvalue weighted by molar-refractivity contribution is 8.07. The summed E-state index contributed by atoms with van der Waals surface area (Å²) >= 11 is 4.32. The predicted molar refractivity (Wildman–Crippen MR) is 86.7 cm³/mol. The van der Waals surface area contributed by atoms with Gasteiger partial charge in [-0.05, 0) is 6.42 Å². The second-order valence-corrected chi connectivity index (χ2v) is 13.0. The van der Waals surface area contributed by atoms with Crippen LogP contribution in [0, 0.1) is 0 Å². The van der Waals surface area contributed by atoms with Crippen LogP contribution in [0.1, 0.15) is 13.3 Å². The molecule has 0 amide bonds. The van der Waals surface area contributed by atoms with Gasteiger partial charge in [0.15, 0.2) is 6.86 Å². The molecule has 0 saturated carbocycles. The number of halogens is 1. The molecule has 0 bridgehead atoms. The summed E-state index contributed by atoms with van der Waals surface area (Å²) < 4.78 is 71.7. The molecule has 0 N–H and O–H groups in total. The van der Waals surface area contributed by atoms with Crippen LogP contribution in [-0.4, -0.2) is 45.7 Å². The largest absolute Gasteiger partial charge is 0.779 e. The van der Waals surface area contributed by atoms with Crippen LogP contribution in [-0.2, 0) is 52.4 Å². The normalized spacial score (nSPS) is 31.4. The maximum Gasteiger partial charge on any atom is 0.277 e. The minimum absolute atomic E-state index is 0.225. The zero-order chi connectivity index (χ0) is 21.8. The Labute approximate surface area is 165 Å².